The predicted molar refractivity (Wildman–Crippen MR) is 81.9 cm³/mol. The fourth-order valence-electron chi connectivity index (χ4n) is 3.11. The van der Waals surface area contributed by atoms with Crippen molar-refractivity contribution in [3.8, 4) is 11.5 Å². The molecule has 0 bridgehead atoms. The minimum Gasteiger partial charge on any atom is -0.486 e. The van der Waals surface area contributed by atoms with Gasteiger partial charge < -0.3 is 9.47 Å². The zero-order valence-corrected chi connectivity index (χ0v) is 12.6. The number of nitrogens with zero attached hydrogens (tertiary/aromatic N) is 2. The highest BCUT2D eigenvalue weighted by atomic mass is 32.1. The number of hydrogen-bond acceptors (Lipinski definition) is 5. The average Bonchev–Trinajstić information content (AvgIpc) is 3.18. The van der Waals surface area contributed by atoms with Crippen LogP contribution in [0.4, 0.5) is 0 Å². The molecule has 2 aliphatic heterocycles. The van der Waals surface area contributed by atoms with Gasteiger partial charge in [-0.05, 0) is 37.1 Å². The molecule has 0 N–H and O–H groups in total. The Balaban J connectivity index is 1.52. The van der Waals surface area contributed by atoms with Crippen molar-refractivity contribution in [2.45, 2.75) is 25.4 Å². The summed E-state index contributed by atoms with van der Waals surface area (Å²) in [4.78, 5) is 7.01. The van der Waals surface area contributed by atoms with Gasteiger partial charge in [-0.3, -0.25) is 4.90 Å². The second kappa shape index (κ2) is 5.66. The van der Waals surface area contributed by atoms with E-state index in [4.69, 9.17) is 9.47 Å². The third-order valence-electron chi connectivity index (χ3n) is 4.09. The van der Waals surface area contributed by atoms with E-state index in [2.05, 4.69) is 27.4 Å². The third kappa shape index (κ3) is 2.63. The maximum Gasteiger partial charge on any atom is 0.161 e. The monoisotopic (exact) mass is 302 g/mol. The Labute approximate surface area is 128 Å². The van der Waals surface area contributed by atoms with Crippen molar-refractivity contribution in [2.24, 2.45) is 0 Å². The molecule has 0 spiro atoms. The van der Waals surface area contributed by atoms with Crippen molar-refractivity contribution < 1.29 is 9.47 Å². The molecule has 5 heteroatoms. The number of benzene rings is 1. The van der Waals surface area contributed by atoms with E-state index in [0.29, 0.717) is 19.3 Å². The molecule has 0 saturated carbocycles. The van der Waals surface area contributed by atoms with Crippen molar-refractivity contribution >= 4 is 11.3 Å². The van der Waals surface area contributed by atoms with Crippen LogP contribution in [0, 0.1) is 0 Å². The van der Waals surface area contributed by atoms with Gasteiger partial charge in [0.15, 0.2) is 11.5 Å². The summed E-state index contributed by atoms with van der Waals surface area (Å²) in [6.07, 6.45) is 4.35. The van der Waals surface area contributed by atoms with Gasteiger partial charge in [0.2, 0.25) is 0 Å². The fraction of sp³-hybridized carbons (Fsp3) is 0.438. The lowest BCUT2D eigenvalue weighted by Crippen LogP contribution is -2.23. The van der Waals surface area contributed by atoms with Gasteiger partial charge in [-0.25, -0.2) is 4.98 Å². The maximum atomic E-state index is 5.67. The van der Waals surface area contributed by atoms with Crippen molar-refractivity contribution in [1.29, 1.82) is 0 Å². The number of ether oxygens (including phenoxy) is 2. The van der Waals surface area contributed by atoms with Crippen molar-refractivity contribution in [1.82, 2.24) is 9.88 Å². The Morgan fingerprint density at radius 3 is 3.00 bits per heavy atom. The first-order chi connectivity index (χ1) is 10.4. The molecule has 3 heterocycles. The first-order valence-electron chi connectivity index (χ1n) is 7.42. The van der Waals surface area contributed by atoms with Crippen molar-refractivity contribution in [3.63, 3.8) is 0 Å². The molecule has 1 fully saturated rings. The van der Waals surface area contributed by atoms with Gasteiger partial charge in [0, 0.05) is 18.1 Å². The summed E-state index contributed by atoms with van der Waals surface area (Å²) in [7, 11) is 0. The minimum absolute atomic E-state index is 0.471. The minimum atomic E-state index is 0.471. The van der Waals surface area contributed by atoms with Gasteiger partial charge in [0.1, 0.15) is 18.2 Å². The normalized spacial score (nSPS) is 21.6. The lowest BCUT2D eigenvalue weighted by molar-refractivity contribution is 0.171. The molecule has 21 heavy (non-hydrogen) atoms. The summed E-state index contributed by atoms with van der Waals surface area (Å²) in [5.74, 6) is 1.74. The Morgan fingerprint density at radius 1 is 1.24 bits per heavy atom. The lowest BCUT2D eigenvalue weighted by Gasteiger charge is -2.24. The molecular formula is C16H18N2O2S. The standard InChI is InChI=1S/C16H18N2O2S/c1-2-13(16-17-5-9-21-16)18(6-1)11-12-3-4-14-15(10-12)20-8-7-19-14/h3-5,9-10,13H,1-2,6-8,11H2/t13-/m1/s1. The predicted octanol–water partition coefficient (Wildman–Crippen LogP) is 3.25. The zero-order valence-electron chi connectivity index (χ0n) is 11.8. The summed E-state index contributed by atoms with van der Waals surface area (Å²) >= 11 is 1.76. The number of aromatic nitrogens is 1. The van der Waals surface area contributed by atoms with E-state index < -0.39 is 0 Å². The van der Waals surface area contributed by atoms with Gasteiger partial charge >= 0.3 is 0 Å². The second-order valence-corrected chi connectivity index (χ2v) is 6.40. The molecule has 110 valence electrons. The van der Waals surface area contributed by atoms with Crippen LogP contribution in [0.25, 0.3) is 0 Å². The Hall–Kier alpha value is -1.59. The largest absolute Gasteiger partial charge is 0.486 e. The van der Waals surface area contributed by atoms with E-state index in [1.54, 1.807) is 11.3 Å². The highest BCUT2D eigenvalue weighted by Crippen LogP contribution is 2.36. The molecule has 1 aromatic carbocycles. The van der Waals surface area contributed by atoms with Crippen LogP contribution in [0.3, 0.4) is 0 Å². The zero-order chi connectivity index (χ0) is 14.1. The molecule has 0 unspecified atom stereocenters. The van der Waals surface area contributed by atoms with E-state index in [-0.39, 0.29) is 0 Å². The number of rotatable bonds is 3. The van der Waals surface area contributed by atoms with E-state index in [1.165, 1.54) is 23.4 Å². The summed E-state index contributed by atoms with van der Waals surface area (Å²) in [5.41, 5.74) is 1.28. The number of likely N-dealkylation sites (tertiary alicyclic amines) is 1. The van der Waals surface area contributed by atoms with Crippen LogP contribution < -0.4 is 9.47 Å². The Bertz CT molecular complexity index is 615. The first kappa shape index (κ1) is 13.1. The summed E-state index contributed by atoms with van der Waals surface area (Å²) < 4.78 is 11.3. The molecule has 1 atom stereocenters. The Morgan fingerprint density at radius 2 is 2.14 bits per heavy atom. The molecule has 4 rings (SSSR count). The summed E-state index contributed by atoms with van der Waals surface area (Å²) in [6, 6.07) is 6.76. The molecular weight excluding hydrogens is 284 g/mol. The van der Waals surface area contributed by atoms with Crippen LogP contribution in [-0.4, -0.2) is 29.6 Å². The average molecular weight is 302 g/mol. The third-order valence-corrected chi connectivity index (χ3v) is 4.97. The van der Waals surface area contributed by atoms with E-state index >= 15 is 0 Å². The topological polar surface area (TPSA) is 34.6 Å². The van der Waals surface area contributed by atoms with Crippen LogP contribution in [0.5, 0.6) is 11.5 Å². The van der Waals surface area contributed by atoms with Gasteiger partial charge in [0.05, 0.1) is 6.04 Å². The quantitative estimate of drug-likeness (QED) is 0.871. The number of hydrogen-bond donors (Lipinski definition) is 0. The van der Waals surface area contributed by atoms with E-state index in [1.807, 2.05) is 12.3 Å². The number of fused-ring (bicyclic) bond motifs is 1. The van der Waals surface area contributed by atoms with E-state index in [9.17, 15) is 0 Å². The fourth-order valence-corrected chi connectivity index (χ4v) is 3.92. The molecule has 0 radical (unpaired) electrons. The summed E-state index contributed by atoms with van der Waals surface area (Å²) in [5, 5.41) is 3.31. The molecule has 1 aromatic heterocycles. The molecule has 2 aliphatic rings. The van der Waals surface area contributed by atoms with Crippen LogP contribution in [0.2, 0.25) is 0 Å². The SMILES string of the molecule is c1csc([C@H]2CCCN2Cc2ccc3c(c2)OCCO3)n1. The first-order valence-corrected chi connectivity index (χ1v) is 8.30. The Kier molecular flexibility index (Phi) is 3.53. The van der Waals surface area contributed by atoms with Crippen molar-refractivity contribution in [2.75, 3.05) is 19.8 Å². The van der Waals surface area contributed by atoms with Crippen LogP contribution in [-0.2, 0) is 6.54 Å². The van der Waals surface area contributed by atoms with Crippen LogP contribution in [0.15, 0.2) is 29.8 Å². The van der Waals surface area contributed by atoms with Crippen LogP contribution in [0.1, 0.15) is 29.5 Å². The van der Waals surface area contributed by atoms with Gasteiger partial charge in [-0.15, -0.1) is 11.3 Å². The smallest absolute Gasteiger partial charge is 0.161 e. The van der Waals surface area contributed by atoms with Crippen LogP contribution >= 0.6 is 11.3 Å². The molecule has 2 aromatic rings. The van der Waals surface area contributed by atoms with Gasteiger partial charge in [0.25, 0.3) is 0 Å². The molecule has 4 nitrogen and oxygen atoms in total. The molecule has 0 aliphatic carbocycles. The number of thiazole rings is 1. The van der Waals surface area contributed by atoms with Gasteiger partial charge in [-0.1, -0.05) is 6.07 Å². The molecule has 0 amide bonds. The maximum absolute atomic E-state index is 5.67. The van der Waals surface area contributed by atoms with Crippen molar-refractivity contribution in [3.05, 3.63) is 40.3 Å². The van der Waals surface area contributed by atoms with Gasteiger partial charge in [-0.2, -0.15) is 0 Å². The van der Waals surface area contributed by atoms with E-state index in [0.717, 1.165) is 24.6 Å². The highest BCUT2D eigenvalue weighted by Gasteiger charge is 2.28. The lowest BCUT2D eigenvalue weighted by atomic mass is 10.1. The highest BCUT2D eigenvalue weighted by molar-refractivity contribution is 7.09. The summed E-state index contributed by atoms with van der Waals surface area (Å²) in [6.45, 7) is 3.37. The second-order valence-electron chi connectivity index (χ2n) is 5.48. The molecule has 1 saturated heterocycles.